The number of nitrogens with zero attached hydrogens (tertiary/aromatic N) is 2. The van der Waals surface area contributed by atoms with E-state index in [0.717, 1.165) is 16.8 Å². The van der Waals surface area contributed by atoms with Crippen LogP contribution in [-0.2, 0) is 17.8 Å². The van der Waals surface area contributed by atoms with Gasteiger partial charge in [-0.05, 0) is 41.8 Å². The Balaban J connectivity index is 1.87. The van der Waals surface area contributed by atoms with E-state index < -0.39 is 0 Å². The van der Waals surface area contributed by atoms with E-state index in [1.54, 1.807) is 18.0 Å². The largest absolute Gasteiger partial charge is 0.378 e. The second-order valence-corrected chi connectivity index (χ2v) is 5.94. The number of amides is 1. The molecule has 0 N–H and O–H groups in total. The summed E-state index contributed by atoms with van der Waals surface area (Å²) in [6.45, 7) is 0.579. The average Bonchev–Trinajstić information content (AvgIpc) is 2.53. The summed E-state index contributed by atoms with van der Waals surface area (Å²) in [7, 11) is 5.79. The number of carbonyl (C=O) groups is 1. The molecule has 0 atom stereocenters. The molecule has 2 aromatic rings. The lowest BCUT2D eigenvalue weighted by Crippen LogP contribution is -2.26. The third-order valence-corrected chi connectivity index (χ3v) is 3.81. The van der Waals surface area contributed by atoms with Crippen molar-refractivity contribution in [1.29, 1.82) is 0 Å². The maximum atomic E-state index is 13.1. The van der Waals surface area contributed by atoms with Crippen molar-refractivity contribution in [3.05, 3.63) is 65.5 Å². The van der Waals surface area contributed by atoms with Crippen molar-refractivity contribution in [2.45, 2.75) is 19.4 Å². The van der Waals surface area contributed by atoms with Gasteiger partial charge in [-0.3, -0.25) is 4.79 Å². The minimum absolute atomic E-state index is 0.0611. The Bertz CT molecular complexity index is 653. The summed E-state index contributed by atoms with van der Waals surface area (Å²) < 4.78 is 13.1. The minimum atomic E-state index is -0.260. The van der Waals surface area contributed by atoms with Crippen molar-refractivity contribution in [3.8, 4) is 0 Å². The summed E-state index contributed by atoms with van der Waals surface area (Å²) in [6.07, 6.45) is 0.941. The van der Waals surface area contributed by atoms with Crippen LogP contribution in [0.3, 0.4) is 0 Å². The molecule has 2 rings (SSSR count). The van der Waals surface area contributed by atoms with E-state index in [1.807, 2.05) is 49.3 Å². The van der Waals surface area contributed by atoms with Crippen molar-refractivity contribution in [2.24, 2.45) is 0 Å². The van der Waals surface area contributed by atoms with Crippen LogP contribution in [0.5, 0.6) is 0 Å². The van der Waals surface area contributed by atoms with Crippen LogP contribution in [-0.4, -0.2) is 32.0 Å². The Morgan fingerprint density at radius 2 is 1.70 bits per heavy atom. The van der Waals surface area contributed by atoms with Crippen LogP contribution in [0, 0.1) is 5.82 Å². The summed E-state index contributed by atoms with van der Waals surface area (Å²) in [5.41, 5.74) is 3.08. The number of aryl methyl sites for hydroxylation is 1. The molecule has 0 radical (unpaired) electrons. The van der Waals surface area contributed by atoms with Gasteiger partial charge in [0.15, 0.2) is 0 Å². The fourth-order valence-electron chi connectivity index (χ4n) is 2.40. The highest BCUT2D eigenvalue weighted by atomic mass is 19.1. The number of halogens is 1. The number of hydrogen-bond acceptors (Lipinski definition) is 2. The number of anilines is 1. The molecule has 122 valence electrons. The van der Waals surface area contributed by atoms with Crippen molar-refractivity contribution in [2.75, 3.05) is 26.0 Å². The summed E-state index contributed by atoms with van der Waals surface area (Å²) in [5, 5.41) is 0. The quantitative estimate of drug-likeness (QED) is 0.815. The maximum absolute atomic E-state index is 13.1. The molecule has 0 spiro atoms. The summed E-state index contributed by atoms with van der Waals surface area (Å²) in [5.74, 6) is -0.199. The highest BCUT2D eigenvalue weighted by molar-refractivity contribution is 5.76. The highest BCUT2D eigenvalue weighted by Gasteiger charge is 2.10. The molecule has 0 aliphatic heterocycles. The maximum Gasteiger partial charge on any atom is 0.222 e. The van der Waals surface area contributed by atoms with Crippen LogP contribution < -0.4 is 4.90 Å². The molecule has 23 heavy (non-hydrogen) atoms. The van der Waals surface area contributed by atoms with Crippen molar-refractivity contribution >= 4 is 11.6 Å². The number of carbonyl (C=O) groups excluding carboxylic acids is 1. The molecule has 0 saturated carbocycles. The highest BCUT2D eigenvalue weighted by Crippen LogP contribution is 2.14. The summed E-state index contributed by atoms with van der Waals surface area (Å²) in [6, 6.07) is 14.6. The molecule has 4 heteroatoms. The minimum Gasteiger partial charge on any atom is -0.378 e. The van der Waals surface area contributed by atoms with E-state index in [1.165, 1.54) is 12.1 Å². The van der Waals surface area contributed by atoms with Gasteiger partial charge in [0, 0.05) is 39.8 Å². The SMILES string of the molecule is CN(Cc1ccc(N(C)C)cc1)C(=O)CCc1cccc(F)c1. The first kappa shape index (κ1) is 17.0. The molecule has 1 amide bonds. The molecule has 0 bridgehead atoms. The van der Waals surface area contributed by atoms with Crippen LogP contribution in [0.25, 0.3) is 0 Å². The Morgan fingerprint density at radius 1 is 1.00 bits per heavy atom. The van der Waals surface area contributed by atoms with Crippen molar-refractivity contribution in [1.82, 2.24) is 4.90 Å². The topological polar surface area (TPSA) is 23.6 Å². The fourth-order valence-corrected chi connectivity index (χ4v) is 2.40. The van der Waals surface area contributed by atoms with E-state index in [-0.39, 0.29) is 11.7 Å². The molecule has 2 aromatic carbocycles. The first-order chi connectivity index (χ1) is 11.0. The third kappa shape index (κ3) is 5.09. The zero-order valence-electron chi connectivity index (χ0n) is 13.9. The average molecular weight is 314 g/mol. The molecule has 0 fully saturated rings. The molecule has 3 nitrogen and oxygen atoms in total. The summed E-state index contributed by atoms with van der Waals surface area (Å²) >= 11 is 0. The van der Waals surface area contributed by atoms with Crippen LogP contribution in [0.1, 0.15) is 17.5 Å². The molecule has 0 unspecified atom stereocenters. The van der Waals surface area contributed by atoms with Gasteiger partial charge in [-0.25, -0.2) is 4.39 Å². The lowest BCUT2D eigenvalue weighted by molar-refractivity contribution is -0.130. The molecule has 0 aromatic heterocycles. The molecule has 0 aliphatic carbocycles. The first-order valence-electron chi connectivity index (χ1n) is 7.70. The molecule has 0 saturated heterocycles. The zero-order valence-corrected chi connectivity index (χ0v) is 13.9. The van der Waals surface area contributed by atoms with Gasteiger partial charge < -0.3 is 9.80 Å². The van der Waals surface area contributed by atoms with E-state index >= 15 is 0 Å². The van der Waals surface area contributed by atoms with Crippen molar-refractivity contribution < 1.29 is 9.18 Å². The second kappa shape index (κ2) is 7.77. The third-order valence-electron chi connectivity index (χ3n) is 3.81. The van der Waals surface area contributed by atoms with Gasteiger partial charge in [-0.15, -0.1) is 0 Å². The molecular formula is C19H23FN2O. The smallest absolute Gasteiger partial charge is 0.222 e. The zero-order chi connectivity index (χ0) is 16.8. The van der Waals surface area contributed by atoms with Gasteiger partial charge in [-0.1, -0.05) is 24.3 Å². The van der Waals surface area contributed by atoms with Gasteiger partial charge in [0.25, 0.3) is 0 Å². The predicted octanol–water partition coefficient (Wildman–Crippen LogP) is 3.48. The van der Waals surface area contributed by atoms with Crippen LogP contribution in [0.15, 0.2) is 48.5 Å². The van der Waals surface area contributed by atoms with E-state index in [9.17, 15) is 9.18 Å². The van der Waals surface area contributed by atoms with Crippen LogP contribution >= 0.6 is 0 Å². The lowest BCUT2D eigenvalue weighted by atomic mass is 10.1. The fraction of sp³-hybridized carbons (Fsp3) is 0.316. The molecule has 0 aliphatic rings. The van der Waals surface area contributed by atoms with Crippen molar-refractivity contribution in [3.63, 3.8) is 0 Å². The Kier molecular flexibility index (Phi) is 5.74. The van der Waals surface area contributed by atoms with Crippen LogP contribution in [0.2, 0.25) is 0 Å². The van der Waals surface area contributed by atoms with Crippen LogP contribution in [0.4, 0.5) is 10.1 Å². The number of rotatable bonds is 6. The first-order valence-corrected chi connectivity index (χ1v) is 7.70. The van der Waals surface area contributed by atoms with E-state index in [2.05, 4.69) is 0 Å². The van der Waals surface area contributed by atoms with Gasteiger partial charge in [0.1, 0.15) is 5.82 Å². The number of hydrogen-bond donors (Lipinski definition) is 0. The van der Waals surface area contributed by atoms with Gasteiger partial charge in [0.05, 0.1) is 0 Å². The lowest BCUT2D eigenvalue weighted by Gasteiger charge is -2.18. The Labute approximate surface area is 137 Å². The Hall–Kier alpha value is -2.36. The normalized spacial score (nSPS) is 10.4. The summed E-state index contributed by atoms with van der Waals surface area (Å²) in [4.78, 5) is 16.0. The second-order valence-electron chi connectivity index (χ2n) is 5.94. The van der Waals surface area contributed by atoms with Gasteiger partial charge >= 0.3 is 0 Å². The Morgan fingerprint density at radius 3 is 2.30 bits per heavy atom. The van der Waals surface area contributed by atoms with E-state index in [0.29, 0.717) is 19.4 Å². The van der Waals surface area contributed by atoms with E-state index in [4.69, 9.17) is 0 Å². The standard InChI is InChI=1S/C19H23FN2O/c1-21(2)18-10-7-16(8-11-18)14-22(3)19(23)12-9-15-5-4-6-17(20)13-15/h4-8,10-11,13H,9,12,14H2,1-3H3. The predicted molar refractivity (Wildman–Crippen MR) is 92.0 cm³/mol. The monoisotopic (exact) mass is 314 g/mol. The van der Waals surface area contributed by atoms with Gasteiger partial charge in [0.2, 0.25) is 5.91 Å². The number of benzene rings is 2. The molecular weight excluding hydrogens is 291 g/mol. The van der Waals surface area contributed by atoms with Gasteiger partial charge in [-0.2, -0.15) is 0 Å². The molecule has 0 heterocycles.